The number of nitrogens with two attached hydrogens (primary N) is 1. The number of aliphatic hydroxyl groups excluding tert-OH is 1. The van der Waals surface area contributed by atoms with Gasteiger partial charge >= 0.3 is 6.18 Å². The van der Waals surface area contributed by atoms with Crippen molar-refractivity contribution in [2.75, 3.05) is 6.79 Å². The fraction of sp³-hybridized carbons (Fsp3) is 0.455. The number of hydrogen-bond acceptors (Lipinski definition) is 4. The van der Waals surface area contributed by atoms with E-state index in [-0.39, 0.29) is 6.79 Å². The molecule has 2 atom stereocenters. The highest BCUT2D eigenvalue weighted by Gasteiger charge is 2.38. The predicted molar refractivity (Wildman–Crippen MR) is 56.2 cm³/mol. The van der Waals surface area contributed by atoms with Crippen LogP contribution in [0.3, 0.4) is 0 Å². The second-order valence-electron chi connectivity index (χ2n) is 4.01. The fourth-order valence-electron chi connectivity index (χ4n) is 1.63. The van der Waals surface area contributed by atoms with Gasteiger partial charge in [-0.25, -0.2) is 0 Å². The Hall–Kier alpha value is -1.47. The average molecular weight is 263 g/mol. The molecule has 1 aromatic rings. The van der Waals surface area contributed by atoms with Crippen molar-refractivity contribution >= 4 is 0 Å². The molecule has 100 valence electrons. The van der Waals surface area contributed by atoms with E-state index >= 15 is 0 Å². The van der Waals surface area contributed by atoms with E-state index in [0.29, 0.717) is 17.1 Å². The van der Waals surface area contributed by atoms with Crippen molar-refractivity contribution in [2.45, 2.75) is 24.7 Å². The highest BCUT2D eigenvalue weighted by atomic mass is 19.4. The predicted octanol–water partition coefficient (Wildman–Crippen LogP) is 1.73. The van der Waals surface area contributed by atoms with E-state index in [1.807, 2.05) is 0 Å². The summed E-state index contributed by atoms with van der Waals surface area (Å²) >= 11 is 0. The first-order chi connectivity index (χ1) is 8.38. The second-order valence-corrected chi connectivity index (χ2v) is 4.01. The SMILES string of the molecule is NC(CC(O)c1ccc2c(c1)OCO2)C(F)(F)F. The molecule has 0 bridgehead atoms. The van der Waals surface area contributed by atoms with E-state index in [4.69, 9.17) is 15.2 Å². The fourth-order valence-corrected chi connectivity index (χ4v) is 1.63. The highest BCUT2D eigenvalue weighted by molar-refractivity contribution is 5.45. The van der Waals surface area contributed by atoms with Gasteiger partial charge in [0.05, 0.1) is 6.10 Å². The van der Waals surface area contributed by atoms with Crippen molar-refractivity contribution in [3.05, 3.63) is 23.8 Å². The molecule has 7 heteroatoms. The van der Waals surface area contributed by atoms with Gasteiger partial charge in [0.15, 0.2) is 11.5 Å². The Morgan fingerprint density at radius 2 is 1.94 bits per heavy atom. The third-order valence-electron chi connectivity index (χ3n) is 2.68. The number of benzene rings is 1. The standard InChI is InChI=1S/C11H12F3NO3/c12-11(13,14)10(15)4-7(16)6-1-2-8-9(3-6)18-5-17-8/h1-3,7,10,16H,4-5,15H2. The Kier molecular flexibility index (Phi) is 3.36. The molecule has 0 amide bonds. The molecule has 18 heavy (non-hydrogen) atoms. The van der Waals surface area contributed by atoms with Crippen LogP contribution in [0.2, 0.25) is 0 Å². The zero-order valence-corrected chi connectivity index (χ0v) is 9.28. The summed E-state index contributed by atoms with van der Waals surface area (Å²) < 4.78 is 46.9. The Morgan fingerprint density at radius 3 is 2.61 bits per heavy atom. The lowest BCUT2D eigenvalue weighted by atomic mass is 10.0. The summed E-state index contributed by atoms with van der Waals surface area (Å²) in [5.74, 6) is 0.915. The smallest absolute Gasteiger partial charge is 0.403 e. The number of rotatable bonds is 3. The number of halogens is 3. The third-order valence-corrected chi connectivity index (χ3v) is 2.68. The Balaban J connectivity index is 2.07. The minimum atomic E-state index is -4.52. The van der Waals surface area contributed by atoms with Crippen molar-refractivity contribution < 1.29 is 27.8 Å². The average Bonchev–Trinajstić information content (AvgIpc) is 2.74. The van der Waals surface area contributed by atoms with Gasteiger partial charge in [-0.05, 0) is 17.7 Å². The van der Waals surface area contributed by atoms with Gasteiger partial charge in [0.2, 0.25) is 6.79 Å². The highest BCUT2D eigenvalue weighted by Crippen LogP contribution is 2.35. The van der Waals surface area contributed by atoms with Crippen LogP contribution in [0, 0.1) is 0 Å². The van der Waals surface area contributed by atoms with Crippen molar-refractivity contribution in [1.29, 1.82) is 0 Å². The van der Waals surface area contributed by atoms with Crippen molar-refractivity contribution in [1.82, 2.24) is 0 Å². The van der Waals surface area contributed by atoms with Crippen LogP contribution in [0.25, 0.3) is 0 Å². The van der Waals surface area contributed by atoms with E-state index < -0.39 is 24.7 Å². The molecule has 2 unspecified atom stereocenters. The molecule has 0 fully saturated rings. The summed E-state index contributed by atoms with van der Waals surface area (Å²) in [5.41, 5.74) is 5.28. The zero-order chi connectivity index (χ0) is 13.3. The lowest BCUT2D eigenvalue weighted by Gasteiger charge is -2.19. The Labute approximate surface area is 101 Å². The minimum Gasteiger partial charge on any atom is -0.454 e. The molecule has 0 saturated heterocycles. The van der Waals surface area contributed by atoms with Crippen molar-refractivity contribution in [3.63, 3.8) is 0 Å². The van der Waals surface area contributed by atoms with Crippen molar-refractivity contribution in [2.24, 2.45) is 5.73 Å². The molecule has 4 nitrogen and oxygen atoms in total. The largest absolute Gasteiger partial charge is 0.454 e. The van der Waals surface area contributed by atoms with E-state index in [9.17, 15) is 18.3 Å². The maximum absolute atomic E-state index is 12.3. The quantitative estimate of drug-likeness (QED) is 0.871. The molecule has 1 aliphatic heterocycles. The molecule has 0 saturated carbocycles. The van der Waals surface area contributed by atoms with Crippen LogP contribution in [0.15, 0.2) is 18.2 Å². The van der Waals surface area contributed by atoms with E-state index in [1.165, 1.54) is 12.1 Å². The lowest BCUT2D eigenvalue weighted by Crippen LogP contribution is -2.38. The first kappa shape index (κ1) is 13.0. The topological polar surface area (TPSA) is 64.7 Å². The summed E-state index contributed by atoms with van der Waals surface area (Å²) in [6.07, 6.45) is -6.41. The maximum atomic E-state index is 12.3. The molecule has 1 aliphatic rings. The van der Waals surface area contributed by atoms with Crippen LogP contribution < -0.4 is 15.2 Å². The van der Waals surface area contributed by atoms with Crippen LogP contribution in [0.1, 0.15) is 18.1 Å². The number of fused-ring (bicyclic) bond motifs is 1. The summed E-state index contributed by atoms with van der Waals surface area (Å²) in [6, 6.07) is 2.43. The second kappa shape index (κ2) is 4.66. The first-order valence-electron chi connectivity index (χ1n) is 5.28. The molecule has 3 N–H and O–H groups in total. The summed E-state index contributed by atoms with van der Waals surface area (Å²) in [7, 11) is 0. The van der Waals surface area contributed by atoms with Crippen LogP contribution in [-0.4, -0.2) is 24.1 Å². The van der Waals surface area contributed by atoms with Gasteiger partial charge in [-0.2, -0.15) is 13.2 Å². The molecule has 1 heterocycles. The van der Waals surface area contributed by atoms with Gasteiger partial charge in [-0.1, -0.05) is 6.07 Å². The van der Waals surface area contributed by atoms with Crippen LogP contribution in [0.5, 0.6) is 11.5 Å². The monoisotopic (exact) mass is 263 g/mol. The molecule has 0 radical (unpaired) electrons. The molecular weight excluding hydrogens is 251 g/mol. The normalized spacial score (nSPS) is 17.6. The number of ether oxygens (including phenoxy) is 2. The molecule has 0 aromatic heterocycles. The first-order valence-corrected chi connectivity index (χ1v) is 5.28. The maximum Gasteiger partial charge on any atom is 0.403 e. The zero-order valence-electron chi connectivity index (χ0n) is 9.28. The summed E-state index contributed by atoms with van der Waals surface area (Å²) in [6.45, 7) is 0.0664. The van der Waals surface area contributed by atoms with Gasteiger partial charge in [-0.15, -0.1) is 0 Å². The van der Waals surface area contributed by atoms with Crippen LogP contribution >= 0.6 is 0 Å². The van der Waals surface area contributed by atoms with Gasteiger partial charge in [0.1, 0.15) is 6.04 Å². The van der Waals surface area contributed by atoms with Gasteiger partial charge in [0, 0.05) is 6.42 Å². The number of aliphatic hydroxyl groups is 1. The lowest BCUT2D eigenvalue weighted by molar-refractivity contribution is -0.153. The molecule has 0 aliphatic carbocycles. The Bertz CT molecular complexity index is 436. The van der Waals surface area contributed by atoms with Gasteiger partial charge < -0.3 is 20.3 Å². The van der Waals surface area contributed by atoms with Gasteiger partial charge in [-0.3, -0.25) is 0 Å². The van der Waals surface area contributed by atoms with E-state index in [2.05, 4.69) is 0 Å². The van der Waals surface area contributed by atoms with E-state index in [0.717, 1.165) is 0 Å². The molecular formula is C11H12F3NO3. The van der Waals surface area contributed by atoms with Crippen molar-refractivity contribution in [3.8, 4) is 11.5 Å². The number of alkyl halides is 3. The van der Waals surface area contributed by atoms with Crippen LogP contribution in [0.4, 0.5) is 13.2 Å². The summed E-state index contributed by atoms with van der Waals surface area (Å²) in [4.78, 5) is 0. The number of hydrogen-bond donors (Lipinski definition) is 2. The molecule has 0 spiro atoms. The molecule has 2 rings (SSSR count). The molecule has 1 aromatic carbocycles. The summed E-state index contributed by atoms with van der Waals surface area (Å²) in [5, 5.41) is 9.71. The Morgan fingerprint density at radius 1 is 1.28 bits per heavy atom. The van der Waals surface area contributed by atoms with Gasteiger partial charge in [0.25, 0.3) is 0 Å². The minimum absolute atomic E-state index is 0.0664. The van der Waals surface area contributed by atoms with E-state index in [1.54, 1.807) is 6.07 Å². The third kappa shape index (κ3) is 2.68. The van der Waals surface area contributed by atoms with Crippen LogP contribution in [-0.2, 0) is 0 Å².